The van der Waals surface area contributed by atoms with Crippen LogP contribution >= 0.6 is 11.6 Å². The topological polar surface area (TPSA) is 49.3 Å². The second-order valence-electron chi connectivity index (χ2n) is 6.22. The molecule has 0 aliphatic carbocycles. The summed E-state index contributed by atoms with van der Waals surface area (Å²) < 4.78 is 20.1. The molecule has 140 valence electrons. The van der Waals surface area contributed by atoms with E-state index in [0.717, 1.165) is 11.1 Å². The SMILES string of the molecule is N#Cc1c(/N=C/c2c(F)cccc2Cl)oc(-c2ccccc2)c1-c1ccccc1. The zero-order valence-corrected chi connectivity index (χ0v) is 15.9. The lowest BCUT2D eigenvalue weighted by Crippen LogP contribution is -1.89. The molecule has 0 saturated heterocycles. The van der Waals surface area contributed by atoms with E-state index in [9.17, 15) is 9.65 Å². The molecule has 4 aromatic rings. The van der Waals surface area contributed by atoms with Crippen molar-refractivity contribution in [3.05, 3.63) is 101 Å². The minimum Gasteiger partial charge on any atom is -0.436 e. The zero-order valence-electron chi connectivity index (χ0n) is 15.1. The summed E-state index contributed by atoms with van der Waals surface area (Å²) in [6.07, 6.45) is 1.28. The van der Waals surface area contributed by atoms with Crippen molar-refractivity contribution in [1.29, 1.82) is 5.26 Å². The van der Waals surface area contributed by atoms with Gasteiger partial charge in [-0.05, 0) is 17.7 Å². The smallest absolute Gasteiger partial charge is 0.238 e. The van der Waals surface area contributed by atoms with Gasteiger partial charge >= 0.3 is 0 Å². The molecule has 0 spiro atoms. The van der Waals surface area contributed by atoms with Crippen LogP contribution in [0, 0.1) is 17.1 Å². The summed E-state index contributed by atoms with van der Waals surface area (Å²) in [5.41, 5.74) is 2.70. The number of halogens is 2. The van der Waals surface area contributed by atoms with E-state index in [-0.39, 0.29) is 22.0 Å². The van der Waals surface area contributed by atoms with Crippen LogP contribution in [0.3, 0.4) is 0 Å². The third-order valence-corrected chi connectivity index (χ3v) is 4.74. The Kier molecular flexibility index (Phi) is 5.24. The number of nitriles is 1. The molecule has 4 rings (SSSR count). The highest BCUT2D eigenvalue weighted by Gasteiger charge is 2.22. The first-order valence-electron chi connectivity index (χ1n) is 8.85. The number of hydrogen-bond donors (Lipinski definition) is 0. The fraction of sp³-hybridized carbons (Fsp3) is 0. The largest absolute Gasteiger partial charge is 0.436 e. The van der Waals surface area contributed by atoms with E-state index < -0.39 is 5.82 Å². The van der Waals surface area contributed by atoms with E-state index in [4.69, 9.17) is 16.0 Å². The summed E-state index contributed by atoms with van der Waals surface area (Å²) in [5.74, 6) is 0.127. The third-order valence-electron chi connectivity index (χ3n) is 4.41. The van der Waals surface area contributed by atoms with Crippen LogP contribution in [0.4, 0.5) is 10.3 Å². The predicted molar refractivity (Wildman–Crippen MR) is 113 cm³/mol. The first-order valence-corrected chi connectivity index (χ1v) is 9.22. The number of aliphatic imine (C=N–C) groups is 1. The molecule has 0 bridgehead atoms. The zero-order chi connectivity index (χ0) is 20.2. The Morgan fingerprint density at radius 2 is 1.55 bits per heavy atom. The molecule has 0 N–H and O–H groups in total. The third kappa shape index (κ3) is 3.69. The van der Waals surface area contributed by atoms with E-state index >= 15 is 0 Å². The second-order valence-corrected chi connectivity index (χ2v) is 6.63. The minimum atomic E-state index is -0.502. The van der Waals surface area contributed by atoms with Crippen LogP contribution in [-0.4, -0.2) is 6.21 Å². The van der Waals surface area contributed by atoms with Gasteiger partial charge in [0, 0.05) is 22.9 Å². The summed E-state index contributed by atoms with van der Waals surface area (Å²) in [7, 11) is 0. The van der Waals surface area contributed by atoms with E-state index in [1.807, 2.05) is 60.7 Å². The van der Waals surface area contributed by atoms with Crippen molar-refractivity contribution in [2.24, 2.45) is 4.99 Å². The van der Waals surface area contributed by atoms with Crippen molar-refractivity contribution in [3.8, 4) is 28.5 Å². The molecule has 0 saturated carbocycles. The molecule has 0 atom stereocenters. The van der Waals surface area contributed by atoms with Crippen molar-refractivity contribution in [2.45, 2.75) is 0 Å². The molecule has 0 aliphatic heterocycles. The summed E-state index contributed by atoms with van der Waals surface area (Å²) in [5, 5.41) is 10.1. The van der Waals surface area contributed by atoms with Gasteiger partial charge in [-0.15, -0.1) is 0 Å². The van der Waals surface area contributed by atoms with Gasteiger partial charge < -0.3 is 4.42 Å². The molecule has 5 heteroatoms. The number of hydrogen-bond acceptors (Lipinski definition) is 3. The molecule has 29 heavy (non-hydrogen) atoms. The van der Waals surface area contributed by atoms with Gasteiger partial charge in [-0.3, -0.25) is 0 Å². The lowest BCUT2D eigenvalue weighted by Gasteiger charge is -2.03. The van der Waals surface area contributed by atoms with E-state index in [1.165, 1.54) is 18.3 Å². The van der Waals surface area contributed by atoms with Gasteiger partial charge in [-0.2, -0.15) is 5.26 Å². The summed E-state index contributed by atoms with van der Waals surface area (Å²) in [6.45, 7) is 0. The normalized spacial score (nSPS) is 10.9. The van der Waals surface area contributed by atoms with Gasteiger partial charge in [0.25, 0.3) is 0 Å². The highest BCUT2D eigenvalue weighted by atomic mass is 35.5. The van der Waals surface area contributed by atoms with Gasteiger partial charge in [0.05, 0.1) is 5.02 Å². The highest BCUT2D eigenvalue weighted by Crippen LogP contribution is 2.42. The van der Waals surface area contributed by atoms with Gasteiger partial charge in [0.2, 0.25) is 5.88 Å². The highest BCUT2D eigenvalue weighted by molar-refractivity contribution is 6.33. The quantitative estimate of drug-likeness (QED) is 0.345. The van der Waals surface area contributed by atoms with Crippen molar-refractivity contribution in [3.63, 3.8) is 0 Å². The maximum atomic E-state index is 14.1. The maximum Gasteiger partial charge on any atom is 0.238 e. The van der Waals surface area contributed by atoms with Crippen LogP contribution in [0.2, 0.25) is 5.02 Å². The molecule has 3 nitrogen and oxygen atoms in total. The average Bonchev–Trinajstić information content (AvgIpc) is 3.13. The lowest BCUT2D eigenvalue weighted by molar-refractivity contribution is 0.592. The monoisotopic (exact) mass is 400 g/mol. The molecule has 1 heterocycles. The number of furan rings is 1. The molecule has 3 aromatic carbocycles. The number of nitrogens with zero attached hydrogens (tertiary/aromatic N) is 2. The van der Waals surface area contributed by atoms with Gasteiger partial charge in [-0.25, -0.2) is 9.38 Å². The summed E-state index contributed by atoms with van der Waals surface area (Å²) >= 11 is 6.07. The van der Waals surface area contributed by atoms with E-state index in [2.05, 4.69) is 11.1 Å². The Morgan fingerprint density at radius 3 is 2.17 bits per heavy atom. The molecular weight excluding hydrogens is 387 g/mol. The predicted octanol–water partition coefficient (Wildman–Crippen LogP) is 7.03. The van der Waals surface area contributed by atoms with Crippen LogP contribution in [0.25, 0.3) is 22.5 Å². The van der Waals surface area contributed by atoms with Crippen LogP contribution in [0.5, 0.6) is 0 Å². The first-order chi connectivity index (χ1) is 14.2. The van der Waals surface area contributed by atoms with Crippen LogP contribution < -0.4 is 0 Å². The van der Waals surface area contributed by atoms with Crippen molar-refractivity contribution < 1.29 is 8.81 Å². The van der Waals surface area contributed by atoms with Crippen molar-refractivity contribution in [2.75, 3.05) is 0 Å². The molecule has 0 radical (unpaired) electrons. The second kappa shape index (κ2) is 8.14. The standard InChI is InChI=1S/C24H14ClFN2O/c25-20-12-7-13-21(26)19(20)15-28-24-18(14-27)22(16-8-3-1-4-9-16)23(29-24)17-10-5-2-6-11-17/h1-13,15H/b28-15+. The van der Waals surface area contributed by atoms with Crippen molar-refractivity contribution >= 4 is 23.7 Å². The summed E-state index contributed by atoms with van der Waals surface area (Å²) in [4.78, 5) is 4.26. The Hall–Kier alpha value is -3.68. The van der Waals surface area contributed by atoms with Gasteiger partial charge in [0.1, 0.15) is 23.2 Å². The minimum absolute atomic E-state index is 0.101. The average molecular weight is 401 g/mol. The molecule has 0 aliphatic rings. The molecule has 0 amide bonds. The van der Waals surface area contributed by atoms with Crippen LogP contribution in [0.1, 0.15) is 11.1 Å². The fourth-order valence-electron chi connectivity index (χ4n) is 3.04. The Bertz CT molecular complexity index is 1200. The molecular formula is C24H14ClFN2O. The van der Waals surface area contributed by atoms with Crippen LogP contribution in [-0.2, 0) is 0 Å². The molecule has 1 aromatic heterocycles. The van der Waals surface area contributed by atoms with Crippen molar-refractivity contribution in [1.82, 2.24) is 0 Å². The lowest BCUT2D eigenvalue weighted by atomic mass is 9.98. The van der Waals surface area contributed by atoms with E-state index in [1.54, 1.807) is 6.07 Å². The van der Waals surface area contributed by atoms with Crippen LogP contribution in [0.15, 0.2) is 88.3 Å². The Morgan fingerprint density at radius 1 is 0.897 bits per heavy atom. The molecule has 0 fully saturated rings. The maximum absolute atomic E-state index is 14.1. The van der Waals surface area contributed by atoms with Gasteiger partial charge in [-0.1, -0.05) is 78.3 Å². The number of rotatable bonds is 4. The molecule has 0 unspecified atom stereocenters. The Balaban J connectivity index is 1.91. The number of benzene rings is 3. The first kappa shape index (κ1) is 18.7. The van der Waals surface area contributed by atoms with Gasteiger partial charge in [0.15, 0.2) is 0 Å². The fourth-order valence-corrected chi connectivity index (χ4v) is 3.26. The summed E-state index contributed by atoms with van der Waals surface area (Å²) in [6, 6.07) is 25.5. The Labute approximate surface area is 172 Å². The van der Waals surface area contributed by atoms with E-state index in [0.29, 0.717) is 11.3 Å².